The van der Waals surface area contributed by atoms with Crippen LogP contribution in [0.3, 0.4) is 0 Å². The molecular formula is C22H22FN5O2. The smallest absolute Gasteiger partial charge is 0.244 e. The first kappa shape index (κ1) is 21.0. The highest BCUT2D eigenvalue weighted by atomic mass is 19.1. The number of aromatic nitrogens is 4. The average molecular weight is 407 g/mol. The zero-order valence-corrected chi connectivity index (χ0v) is 16.8. The lowest BCUT2D eigenvalue weighted by atomic mass is 10.0. The Balaban J connectivity index is 1.60. The molecule has 30 heavy (non-hydrogen) atoms. The summed E-state index contributed by atoms with van der Waals surface area (Å²) in [6.45, 7) is 3.72. The van der Waals surface area contributed by atoms with Crippen LogP contribution < -0.4 is 10.1 Å². The molecule has 1 atom stereocenters. The highest BCUT2D eigenvalue weighted by Crippen LogP contribution is 2.20. The molecule has 1 aromatic heterocycles. The largest absolute Gasteiger partial charge is 0.489 e. The van der Waals surface area contributed by atoms with Gasteiger partial charge in [0.1, 0.15) is 24.7 Å². The predicted molar refractivity (Wildman–Crippen MR) is 110 cm³/mol. The number of carbonyl (C=O) groups excluding carboxylic acids is 1. The second-order valence-electron chi connectivity index (χ2n) is 6.93. The fraction of sp³-hybridized carbons (Fsp3) is 0.273. The van der Waals surface area contributed by atoms with Crippen LogP contribution in [0.25, 0.3) is 11.4 Å². The standard InChI is InChI=1S/C22H22FN5O2/c1-4-22(3,5-2)24-20(29)14-28-26-21(25-27-28)16-10-12-18(13-11-16)30-15-17-8-6-7-9-19(17)23/h1,6-13H,5,14-15H2,2-3H3,(H,24,29)/t22-/m1/s1. The number of terminal acetylenes is 1. The Morgan fingerprint density at radius 1 is 1.27 bits per heavy atom. The number of amides is 1. The Kier molecular flexibility index (Phi) is 6.42. The van der Waals surface area contributed by atoms with E-state index in [0.29, 0.717) is 29.1 Å². The Bertz CT molecular complexity index is 1060. The molecule has 7 nitrogen and oxygen atoms in total. The molecule has 154 valence electrons. The summed E-state index contributed by atoms with van der Waals surface area (Å²) in [6.07, 6.45) is 6.08. The van der Waals surface area contributed by atoms with Crippen LogP contribution in [-0.2, 0) is 17.9 Å². The maximum atomic E-state index is 13.7. The Morgan fingerprint density at radius 2 is 2.00 bits per heavy atom. The van der Waals surface area contributed by atoms with Gasteiger partial charge in [0.15, 0.2) is 0 Å². The summed E-state index contributed by atoms with van der Waals surface area (Å²) in [6, 6.07) is 13.5. The summed E-state index contributed by atoms with van der Waals surface area (Å²) in [5.41, 5.74) is 0.481. The molecule has 0 aliphatic carbocycles. The normalized spacial score (nSPS) is 12.6. The van der Waals surface area contributed by atoms with E-state index in [0.717, 1.165) is 0 Å². The van der Waals surface area contributed by atoms with Crippen molar-refractivity contribution in [2.75, 3.05) is 0 Å². The van der Waals surface area contributed by atoms with Crippen molar-refractivity contribution in [2.24, 2.45) is 0 Å². The lowest BCUT2D eigenvalue weighted by Gasteiger charge is -2.22. The Morgan fingerprint density at radius 3 is 2.67 bits per heavy atom. The molecule has 2 aromatic carbocycles. The topological polar surface area (TPSA) is 81.9 Å². The van der Waals surface area contributed by atoms with Gasteiger partial charge in [-0.2, -0.15) is 4.80 Å². The summed E-state index contributed by atoms with van der Waals surface area (Å²) in [5, 5.41) is 14.9. The predicted octanol–water partition coefficient (Wildman–Crippen LogP) is 2.98. The van der Waals surface area contributed by atoms with Crippen molar-refractivity contribution in [3.63, 3.8) is 0 Å². The van der Waals surface area contributed by atoms with Crippen LogP contribution in [-0.4, -0.2) is 31.7 Å². The molecule has 1 heterocycles. The molecule has 8 heteroatoms. The second-order valence-corrected chi connectivity index (χ2v) is 6.93. The molecule has 0 saturated carbocycles. The van der Waals surface area contributed by atoms with Gasteiger partial charge in [0.05, 0.1) is 5.54 Å². The van der Waals surface area contributed by atoms with Gasteiger partial charge in [-0.15, -0.1) is 16.6 Å². The summed E-state index contributed by atoms with van der Waals surface area (Å²) >= 11 is 0. The fourth-order valence-corrected chi connectivity index (χ4v) is 2.60. The van der Waals surface area contributed by atoms with E-state index in [2.05, 4.69) is 26.6 Å². The molecular weight excluding hydrogens is 385 g/mol. The average Bonchev–Trinajstić information content (AvgIpc) is 3.21. The summed E-state index contributed by atoms with van der Waals surface area (Å²) in [7, 11) is 0. The maximum absolute atomic E-state index is 13.7. The number of nitrogens with one attached hydrogen (secondary N) is 1. The zero-order valence-electron chi connectivity index (χ0n) is 16.8. The van der Waals surface area contributed by atoms with Gasteiger partial charge in [-0.05, 0) is 48.9 Å². The molecule has 0 saturated heterocycles. The van der Waals surface area contributed by atoms with Crippen molar-refractivity contribution in [3.05, 3.63) is 59.9 Å². The van der Waals surface area contributed by atoms with Crippen LogP contribution in [0.2, 0.25) is 0 Å². The van der Waals surface area contributed by atoms with Gasteiger partial charge in [0.2, 0.25) is 11.7 Å². The number of hydrogen-bond donors (Lipinski definition) is 1. The summed E-state index contributed by atoms with van der Waals surface area (Å²) in [5.74, 6) is 2.93. The molecule has 0 aliphatic heterocycles. The van der Waals surface area contributed by atoms with Crippen molar-refractivity contribution in [3.8, 4) is 29.5 Å². The lowest BCUT2D eigenvalue weighted by Crippen LogP contribution is -2.45. The van der Waals surface area contributed by atoms with Crippen molar-refractivity contribution in [2.45, 2.75) is 39.0 Å². The molecule has 3 rings (SSSR count). The molecule has 1 N–H and O–H groups in total. The van der Waals surface area contributed by atoms with Crippen molar-refractivity contribution in [1.82, 2.24) is 25.5 Å². The molecule has 0 fully saturated rings. The minimum Gasteiger partial charge on any atom is -0.489 e. The number of tetrazole rings is 1. The number of nitrogens with zero attached hydrogens (tertiary/aromatic N) is 4. The van der Waals surface area contributed by atoms with Crippen LogP contribution >= 0.6 is 0 Å². The number of halogens is 1. The van der Waals surface area contributed by atoms with Crippen LogP contribution in [0.5, 0.6) is 5.75 Å². The minimum atomic E-state index is -0.709. The van der Waals surface area contributed by atoms with E-state index >= 15 is 0 Å². The third-order valence-corrected chi connectivity index (χ3v) is 4.64. The first-order chi connectivity index (χ1) is 14.4. The lowest BCUT2D eigenvalue weighted by molar-refractivity contribution is -0.123. The van der Waals surface area contributed by atoms with E-state index < -0.39 is 5.54 Å². The monoisotopic (exact) mass is 407 g/mol. The van der Waals surface area contributed by atoms with E-state index in [-0.39, 0.29) is 24.9 Å². The van der Waals surface area contributed by atoms with Gasteiger partial charge in [0.25, 0.3) is 0 Å². The minimum absolute atomic E-state index is 0.0892. The molecule has 0 unspecified atom stereocenters. The van der Waals surface area contributed by atoms with Gasteiger partial charge in [0, 0.05) is 11.1 Å². The fourth-order valence-electron chi connectivity index (χ4n) is 2.60. The molecule has 0 bridgehead atoms. The van der Waals surface area contributed by atoms with Crippen LogP contribution in [0.4, 0.5) is 4.39 Å². The van der Waals surface area contributed by atoms with E-state index in [1.54, 1.807) is 49.4 Å². The molecule has 0 spiro atoms. The van der Waals surface area contributed by atoms with Crippen molar-refractivity contribution in [1.29, 1.82) is 0 Å². The van der Waals surface area contributed by atoms with Crippen LogP contribution in [0.15, 0.2) is 48.5 Å². The molecule has 0 radical (unpaired) electrons. The van der Waals surface area contributed by atoms with Gasteiger partial charge in [-0.3, -0.25) is 4.79 Å². The number of benzene rings is 2. The first-order valence-electron chi connectivity index (χ1n) is 9.45. The van der Waals surface area contributed by atoms with Crippen molar-refractivity contribution >= 4 is 5.91 Å². The van der Waals surface area contributed by atoms with Crippen LogP contribution in [0.1, 0.15) is 25.8 Å². The number of carbonyl (C=O) groups is 1. The third kappa shape index (κ3) is 5.20. The molecule has 3 aromatic rings. The second kappa shape index (κ2) is 9.18. The Hall–Kier alpha value is -3.73. The van der Waals surface area contributed by atoms with Gasteiger partial charge < -0.3 is 10.1 Å². The number of ether oxygens (including phenoxy) is 1. The molecule has 0 aliphatic rings. The third-order valence-electron chi connectivity index (χ3n) is 4.64. The maximum Gasteiger partial charge on any atom is 0.244 e. The van der Waals surface area contributed by atoms with Crippen molar-refractivity contribution < 1.29 is 13.9 Å². The molecule has 1 amide bonds. The van der Waals surface area contributed by atoms with Gasteiger partial charge in [-0.25, -0.2) is 4.39 Å². The first-order valence-corrected chi connectivity index (χ1v) is 9.45. The van der Waals surface area contributed by atoms with Gasteiger partial charge >= 0.3 is 0 Å². The SMILES string of the molecule is C#C[C@](C)(CC)NC(=O)Cn1nnc(-c2ccc(OCc3ccccc3F)cc2)n1. The van der Waals surface area contributed by atoms with E-state index in [1.807, 2.05) is 6.92 Å². The summed E-state index contributed by atoms with van der Waals surface area (Å²) in [4.78, 5) is 13.4. The highest BCUT2D eigenvalue weighted by molar-refractivity contribution is 5.77. The van der Waals surface area contributed by atoms with Crippen LogP contribution in [0, 0.1) is 18.2 Å². The van der Waals surface area contributed by atoms with Gasteiger partial charge in [-0.1, -0.05) is 31.0 Å². The Labute approximate surface area is 174 Å². The quantitative estimate of drug-likeness (QED) is 0.581. The van der Waals surface area contributed by atoms with E-state index in [9.17, 15) is 9.18 Å². The summed E-state index contributed by atoms with van der Waals surface area (Å²) < 4.78 is 19.3. The number of hydrogen-bond acceptors (Lipinski definition) is 5. The van der Waals surface area contributed by atoms with E-state index in [1.165, 1.54) is 10.9 Å². The highest BCUT2D eigenvalue weighted by Gasteiger charge is 2.21. The zero-order chi connectivity index (χ0) is 21.6. The number of rotatable bonds is 8. The van der Waals surface area contributed by atoms with E-state index in [4.69, 9.17) is 11.2 Å².